The maximum atomic E-state index is 12.3. The van der Waals surface area contributed by atoms with E-state index in [0.717, 1.165) is 19.4 Å². The normalized spacial score (nSPS) is 24.1. The SMILES string of the molecule is CNc1nnc(C(=O)N2CCCC(C)(OC)C2)s1. The molecule has 1 amide bonds. The number of piperidine rings is 1. The number of hydrogen-bond acceptors (Lipinski definition) is 6. The van der Waals surface area contributed by atoms with Crippen LogP contribution in [0.5, 0.6) is 0 Å². The molecular weight excluding hydrogens is 252 g/mol. The van der Waals surface area contributed by atoms with Gasteiger partial charge < -0.3 is 15.0 Å². The van der Waals surface area contributed by atoms with E-state index in [1.807, 2.05) is 6.92 Å². The summed E-state index contributed by atoms with van der Waals surface area (Å²) in [5, 5.41) is 11.8. The van der Waals surface area contributed by atoms with Crippen LogP contribution >= 0.6 is 11.3 Å². The third kappa shape index (κ3) is 2.62. The second kappa shape index (κ2) is 5.19. The number of aromatic nitrogens is 2. The number of carbonyl (C=O) groups is 1. The van der Waals surface area contributed by atoms with Gasteiger partial charge in [-0.15, -0.1) is 10.2 Å². The van der Waals surface area contributed by atoms with Crippen LogP contribution in [0.2, 0.25) is 0 Å². The van der Waals surface area contributed by atoms with E-state index in [2.05, 4.69) is 15.5 Å². The molecule has 1 fully saturated rings. The standard InChI is InChI=1S/C11H18N4O2S/c1-11(17-3)5-4-6-15(7-11)9(16)8-13-14-10(12-2)18-8/h4-7H2,1-3H3,(H,12,14). The van der Waals surface area contributed by atoms with Crippen LogP contribution in [0.15, 0.2) is 0 Å². The summed E-state index contributed by atoms with van der Waals surface area (Å²) in [6.45, 7) is 3.40. The molecule has 1 aromatic rings. The van der Waals surface area contributed by atoms with Gasteiger partial charge in [0.25, 0.3) is 5.91 Å². The summed E-state index contributed by atoms with van der Waals surface area (Å²) in [7, 11) is 3.45. The Labute approximate surface area is 110 Å². The van der Waals surface area contributed by atoms with Crippen LogP contribution in [-0.4, -0.2) is 53.9 Å². The average molecular weight is 270 g/mol. The van der Waals surface area contributed by atoms with E-state index >= 15 is 0 Å². The van der Waals surface area contributed by atoms with Crippen molar-refractivity contribution in [1.82, 2.24) is 15.1 Å². The van der Waals surface area contributed by atoms with Crippen LogP contribution in [-0.2, 0) is 4.74 Å². The van der Waals surface area contributed by atoms with E-state index in [0.29, 0.717) is 16.7 Å². The first kappa shape index (κ1) is 13.2. The average Bonchev–Trinajstić information content (AvgIpc) is 2.86. The van der Waals surface area contributed by atoms with Crippen LogP contribution in [0.25, 0.3) is 0 Å². The molecule has 1 saturated heterocycles. The molecule has 1 aliphatic heterocycles. The van der Waals surface area contributed by atoms with Gasteiger partial charge >= 0.3 is 0 Å². The monoisotopic (exact) mass is 270 g/mol. The molecule has 0 aliphatic carbocycles. The van der Waals surface area contributed by atoms with Gasteiger partial charge in [0, 0.05) is 27.2 Å². The number of methoxy groups -OCH3 is 1. The van der Waals surface area contributed by atoms with Gasteiger partial charge in [-0.3, -0.25) is 4.79 Å². The van der Waals surface area contributed by atoms with Gasteiger partial charge in [0.1, 0.15) is 0 Å². The summed E-state index contributed by atoms with van der Waals surface area (Å²) < 4.78 is 5.48. The van der Waals surface area contributed by atoms with Gasteiger partial charge in [-0.05, 0) is 19.8 Å². The molecule has 18 heavy (non-hydrogen) atoms. The molecule has 0 spiro atoms. The summed E-state index contributed by atoms with van der Waals surface area (Å²) in [6.07, 6.45) is 1.93. The highest BCUT2D eigenvalue weighted by molar-refractivity contribution is 7.17. The largest absolute Gasteiger partial charge is 0.377 e. The highest BCUT2D eigenvalue weighted by atomic mass is 32.1. The van der Waals surface area contributed by atoms with Crippen molar-refractivity contribution < 1.29 is 9.53 Å². The fourth-order valence-electron chi connectivity index (χ4n) is 2.09. The molecule has 6 nitrogen and oxygen atoms in total. The predicted molar refractivity (Wildman–Crippen MR) is 70.0 cm³/mol. The lowest BCUT2D eigenvalue weighted by Gasteiger charge is -2.39. The first-order valence-corrected chi connectivity index (χ1v) is 6.75. The zero-order chi connectivity index (χ0) is 13.2. The van der Waals surface area contributed by atoms with Crippen LogP contribution in [0, 0.1) is 0 Å². The molecule has 0 aromatic carbocycles. The van der Waals surface area contributed by atoms with Crippen LogP contribution in [0.3, 0.4) is 0 Å². The number of rotatable bonds is 3. The van der Waals surface area contributed by atoms with Crippen molar-refractivity contribution in [2.24, 2.45) is 0 Å². The quantitative estimate of drug-likeness (QED) is 0.894. The minimum absolute atomic E-state index is 0.0584. The second-order valence-corrected chi connectivity index (χ2v) is 5.62. The Morgan fingerprint density at radius 1 is 1.56 bits per heavy atom. The number of carbonyl (C=O) groups excluding carboxylic acids is 1. The van der Waals surface area contributed by atoms with Crippen molar-refractivity contribution in [3.8, 4) is 0 Å². The molecular formula is C11H18N4O2S. The number of amides is 1. The topological polar surface area (TPSA) is 67.4 Å². The van der Waals surface area contributed by atoms with Crippen molar-refractivity contribution in [3.05, 3.63) is 5.01 Å². The predicted octanol–water partition coefficient (Wildman–Crippen LogP) is 1.22. The molecule has 7 heteroatoms. The summed E-state index contributed by atoms with van der Waals surface area (Å²) in [4.78, 5) is 14.1. The van der Waals surface area contributed by atoms with E-state index in [1.54, 1.807) is 19.1 Å². The lowest BCUT2D eigenvalue weighted by atomic mass is 9.95. The summed E-state index contributed by atoms with van der Waals surface area (Å²) in [5.74, 6) is -0.0584. The Morgan fingerprint density at radius 3 is 2.94 bits per heavy atom. The van der Waals surface area contributed by atoms with Gasteiger partial charge in [-0.25, -0.2) is 0 Å². The number of ether oxygens (including phenoxy) is 1. The second-order valence-electron chi connectivity index (χ2n) is 4.65. The molecule has 0 bridgehead atoms. The van der Waals surface area contributed by atoms with E-state index in [1.165, 1.54) is 11.3 Å². The summed E-state index contributed by atoms with van der Waals surface area (Å²) >= 11 is 1.28. The Morgan fingerprint density at radius 2 is 2.33 bits per heavy atom. The van der Waals surface area contributed by atoms with Gasteiger partial charge in [0.15, 0.2) is 0 Å². The molecule has 0 saturated carbocycles. The van der Waals surface area contributed by atoms with E-state index in [-0.39, 0.29) is 11.5 Å². The minimum atomic E-state index is -0.246. The molecule has 1 atom stereocenters. The van der Waals surface area contributed by atoms with Gasteiger partial charge in [-0.2, -0.15) is 0 Å². The molecule has 1 aromatic heterocycles. The van der Waals surface area contributed by atoms with Gasteiger partial charge in [0.05, 0.1) is 5.60 Å². The van der Waals surface area contributed by atoms with E-state index in [9.17, 15) is 4.79 Å². The van der Waals surface area contributed by atoms with Gasteiger partial charge in [-0.1, -0.05) is 11.3 Å². The van der Waals surface area contributed by atoms with Crippen molar-refractivity contribution >= 4 is 22.4 Å². The minimum Gasteiger partial charge on any atom is -0.377 e. The lowest BCUT2D eigenvalue weighted by Crippen LogP contribution is -2.49. The summed E-state index contributed by atoms with van der Waals surface area (Å²) in [6, 6.07) is 0. The van der Waals surface area contributed by atoms with Crippen molar-refractivity contribution in [1.29, 1.82) is 0 Å². The Kier molecular flexibility index (Phi) is 3.82. The highest BCUT2D eigenvalue weighted by Crippen LogP contribution is 2.26. The first-order valence-electron chi connectivity index (χ1n) is 5.94. The van der Waals surface area contributed by atoms with E-state index < -0.39 is 0 Å². The lowest BCUT2D eigenvalue weighted by molar-refractivity contribution is -0.0440. The van der Waals surface area contributed by atoms with Crippen molar-refractivity contribution in [2.45, 2.75) is 25.4 Å². The third-order valence-electron chi connectivity index (χ3n) is 3.26. The van der Waals surface area contributed by atoms with Crippen LogP contribution < -0.4 is 5.32 Å². The van der Waals surface area contributed by atoms with Crippen molar-refractivity contribution in [2.75, 3.05) is 32.6 Å². The maximum Gasteiger partial charge on any atom is 0.285 e. The molecule has 1 aliphatic rings. The molecule has 1 N–H and O–H groups in total. The zero-order valence-electron chi connectivity index (χ0n) is 10.9. The van der Waals surface area contributed by atoms with E-state index in [4.69, 9.17) is 4.74 Å². The summed E-state index contributed by atoms with van der Waals surface area (Å²) in [5.41, 5.74) is -0.246. The maximum absolute atomic E-state index is 12.3. The smallest absolute Gasteiger partial charge is 0.285 e. The first-order chi connectivity index (χ1) is 8.58. The fourth-order valence-corrected chi connectivity index (χ4v) is 2.76. The zero-order valence-corrected chi connectivity index (χ0v) is 11.7. The number of hydrogen-bond donors (Lipinski definition) is 1. The fraction of sp³-hybridized carbons (Fsp3) is 0.727. The number of nitrogens with one attached hydrogen (secondary N) is 1. The Balaban J connectivity index is 2.09. The molecule has 100 valence electrons. The Bertz CT molecular complexity index is 436. The van der Waals surface area contributed by atoms with Crippen LogP contribution in [0.4, 0.5) is 5.13 Å². The highest BCUT2D eigenvalue weighted by Gasteiger charge is 2.34. The molecule has 2 rings (SSSR count). The van der Waals surface area contributed by atoms with Gasteiger partial charge in [0.2, 0.25) is 10.1 Å². The Hall–Kier alpha value is -1.21. The van der Waals surface area contributed by atoms with Crippen LogP contribution in [0.1, 0.15) is 29.6 Å². The molecule has 1 unspecified atom stereocenters. The third-order valence-corrected chi connectivity index (χ3v) is 4.19. The number of likely N-dealkylation sites (tertiary alicyclic amines) is 1. The molecule has 2 heterocycles. The van der Waals surface area contributed by atoms with Crippen molar-refractivity contribution in [3.63, 3.8) is 0 Å². The number of anilines is 1. The number of nitrogens with zero attached hydrogens (tertiary/aromatic N) is 3. The molecule has 0 radical (unpaired) electrons.